The first kappa shape index (κ1) is 14.3. The van der Waals surface area contributed by atoms with Crippen LogP contribution in [0.25, 0.3) is 0 Å². The van der Waals surface area contributed by atoms with Crippen molar-refractivity contribution in [1.82, 2.24) is 9.97 Å². The maximum atomic E-state index is 4.57. The van der Waals surface area contributed by atoms with E-state index in [2.05, 4.69) is 58.3 Å². The van der Waals surface area contributed by atoms with Gasteiger partial charge in [0.15, 0.2) is 0 Å². The Labute approximate surface area is 120 Å². The van der Waals surface area contributed by atoms with E-state index in [0.29, 0.717) is 0 Å². The van der Waals surface area contributed by atoms with Gasteiger partial charge in [0.1, 0.15) is 11.6 Å². The van der Waals surface area contributed by atoms with Crippen LogP contribution in [0.3, 0.4) is 0 Å². The molecule has 0 saturated heterocycles. The molecule has 2 rings (SSSR count). The first-order chi connectivity index (χ1) is 9.72. The highest BCUT2D eigenvalue weighted by molar-refractivity contribution is 5.46. The second-order valence-corrected chi connectivity index (χ2v) is 4.69. The predicted molar refractivity (Wildman–Crippen MR) is 84.1 cm³/mol. The Morgan fingerprint density at radius 3 is 2.50 bits per heavy atom. The maximum absolute atomic E-state index is 4.57. The first-order valence-electron chi connectivity index (χ1n) is 7.11. The minimum Gasteiger partial charge on any atom is -0.370 e. The number of benzene rings is 1. The van der Waals surface area contributed by atoms with E-state index in [9.17, 15) is 0 Å². The molecule has 0 saturated carbocycles. The van der Waals surface area contributed by atoms with Gasteiger partial charge in [0.05, 0.1) is 6.54 Å². The molecule has 1 heterocycles. The SMILES string of the molecule is CCNc1cc(C)nc(CN(CC)c2ccccc2)n1. The Hall–Kier alpha value is -2.10. The fourth-order valence-electron chi connectivity index (χ4n) is 2.17. The van der Waals surface area contributed by atoms with E-state index in [-0.39, 0.29) is 0 Å². The molecule has 1 N–H and O–H groups in total. The summed E-state index contributed by atoms with van der Waals surface area (Å²) < 4.78 is 0. The summed E-state index contributed by atoms with van der Waals surface area (Å²) in [5, 5.41) is 3.25. The summed E-state index contributed by atoms with van der Waals surface area (Å²) in [7, 11) is 0. The number of aryl methyl sites for hydroxylation is 1. The topological polar surface area (TPSA) is 41.1 Å². The monoisotopic (exact) mass is 270 g/mol. The molecular weight excluding hydrogens is 248 g/mol. The van der Waals surface area contributed by atoms with Crippen molar-refractivity contribution < 1.29 is 0 Å². The van der Waals surface area contributed by atoms with Crippen molar-refractivity contribution in [2.45, 2.75) is 27.3 Å². The first-order valence-corrected chi connectivity index (χ1v) is 7.11. The zero-order valence-corrected chi connectivity index (χ0v) is 12.4. The molecule has 4 nitrogen and oxygen atoms in total. The number of hydrogen-bond acceptors (Lipinski definition) is 4. The molecule has 0 bridgehead atoms. The third-order valence-electron chi connectivity index (χ3n) is 3.09. The third kappa shape index (κ3) is 3.70. The number of nitrogens with zero attached hydrogens (tertiary/aromatic N) is 3. The number of aromatic nitrogens is 2. The number of rotatable bonds is 6. The van der Waals surface area contributed by atoms with Gasteiger partial charge in [-0.25, -0.2) is 9.97 Å². The highest BCUT2D eigenvalue weighted by Gasteiger charge is 2.08. The van der Waals surface area contributed by atoms with Gasteiger partial charge >= 0.3 is 0 Å². The Bertz CT molecular complexity index is 539. The smallest absolute Gasteiger partial charge is 0.150 e. The van der Waals surface area contributed by atoms with Crippen molar-refractivity contribution in [1.29, 1.82) is 0 Å². The maximum Gasteiger partial charge on any atom is 0.150 e. The van der Waals surface area contributed by atoms with Crippen LogP contribution in [-0.2, 0) is 6.54 Å². The number of nitrogens with one attached hydrogen (secondary N) is 1. The van der Waals surface area contributed by atoms with Crippen LogP contribution < -0.4 is 10.2 Å². The van der Waals surface area contributed by atoms with Gasteiger partial charge in [-0.05, 0) is 32.9 Å². The lowest BCUT2D eigenvalue weighted by molar-refractivity contribution is 0.775. The van der Waals surface area contributed by atoms with Gasteiger partial charge in [0, 0.05) is 30.5 Å². The molecule has 0 spiro atoms. The molecule has 1 aromatic heterocycles. The molecule has 106 valence electrons. The van der Waals surface area contributed by atoms with E-state index >= 15 is 0 Å². The lowest BCUT2D eigenvalue weighted by Crippen LogP contribution is -2.23. The highest BCUT2D eigenvalue weighted by atomic mass is 15.2. The zero-order chi connectivity index (χ0) is 14.4. The van der Waals surface area contributed by atoms with Crippen molar-refractivity contribution in [2.75, 3.05) is 23.3 Å². The zero-order valence-electron chi connectivity index (χ0n) is 12.4. The van der Waals surface area contributed by atoms with Gasteiger partial charge in [0.2, 0.25) is 0 Å². The minimum atomic E-state index is 0.723. The molecule has 4 heteroatoms. The van der Waals surface area contributed by atoms with Crippen molar-refractivity contribution in [3.8, 4) is 0 Å². The van der Waals surface area contributed by atoms with Crippen molar-refractivity contribution in [3.63, 3.8) is 0 Å². The van der Waals surface area contributed by atoms with Gasteiger partial charge in [-0.3, -0.25) is 0 Å². The van der Waals surface area contributed by atoms with Crippen LogP contribution in [0.1, 0.15) is 25.4 Å². The van der Waals surface area contributed by atoms with Crippen LogP contribution in [-0.4, -0.2) is 23.1 Å². The average molecular weight is 270 g/mol. The van der Waals surface area contributed by atoms with Gasteiger partial charge in [-0.1, -0.05) is 18.2 Å². The summed E-state index contributed by atoms with van der Waals surface area (Å²) in [5.41, 5.74) is 2.19. The second-order valence-electron chi connectivity index (χ2n) is 4.69. The lowest BCUT2D eigenvalue weighted by Gasteiger charge is -2.22. The number of hydrogen-bond donors (Lipinski definition) is 1. The standard InChI is InChI=1S/C16H22N4/c1-4-17-15-11-13(3)18-16(19-15)12-20(5-2)14-9-7-6-8-10-14/h6-11H,4-5,12H2,1-3H3,(H,17,18,19). The Kier molecular flexibility index (Phi) is 4.93. The van der Waals surface area contributed by atoms with E-state index in [0.717, 1.165) is 37.0 Å². The molecule has 0 amide bonds. The largest absolute Gasteiger partial charge is 0.370 e. The third-order valence-corrected chi connectivity index (χ3v) is 3.09. The van der Waals surface area contributed by atoms with Crippen LogP contribution in [0, 0.1) is 6.92 Å². The lowest BCUT2D eigenvalue weighted by atomic mass is 10.3. The normalized spacial score (nSPS) is 10.3. The molecule has 0 aliphatic heterocycles. The summed E-state index contributed by atoms with van der Waals surface area (Å²) >= 11 is 0. The molecular formula is C16H22N4. The molecule has 0 radical (unpaired) electrons. The second kappa shape index (κ2) is 6.89. The van der Waals surface area contributed by atoms with Crippen LogP contribution in [0.5, 0.6) is 0 Å². The van der Waals surface area contributed by atoms with E-state index < -0.39 is 0 Å². The van der Waals surface area contributed by atoms with Crippen LogP contribution in [0.15, 0.2) is 36.4 Å². The molecule has 0 fully saturated rings. The van der Waals surface area contributed by atoms with E-state index in [1.54, 1.807) is 0 Å². The summed E-state index contributed by atoms with van der Waals surface area (Å²) in [4.78, 5) is 11.4. The summed E-state index contributed by atoms with van der Waals surface area (Å²) in [6, 6.07) is 12.4. The number of para-hydroxylation sites is 1. The van der Waals surface area contributed by atoms with E-state index in [4.69, 9.17) is 0 Å². The molecule has 2 aromatic rings. The fourth-order valence-corrected chi connectivity index (χ4v) is 2.17. The number of anilines is 2. The molecule has 0 aliphatic rings. The molecule has 0 unspecified atom stereocenters. The highest BCUT2D eigenvalue weighted by Crippen LogP contribution is 2.16. The van der Waals surface area contributed by atoms with Gasteiger partial charge < -0.3 is 10.2 Å². The molecule has 20 heavy (non-hydrogen) atoms. The summed E-state index contributed by atoms with van der Waals surface area (Å²) in [5.74, 6) is 1.76. The molecule has 0 atom stereocenters. The quantitative estimate of drug-likeness (QED) is 0.875. The Balaban J connectivity index is 2.19. The van der Waals surface area contributed by atoms with Gasteiger partial charge in [0.25, 0.3) is 0 Å². The minimum absolute atomic E-state index is 0.723. The van der Waals surface area contributed by atoms with Crippen molar-refractivity contribution >= 4 is 11.5 Å². The van der Waals surface area contributed by atoms with Crippen LogP contribution in [0.2, 0.25) is 0 Å². The Morgan fingerprint density at radius 2 is 1.85 bits per heavy atom. The van der Waals surface area contributed by atoms with Crippen molar-refractivity contribution in [3.05, 3.63) is 47.9 Å². The Morgan fingerprint density at radius 1 is 1.10 bits per heavy atom. The molecule has 0 aliphatic carbocycles. The average Bonchev–Trinajstić information content (AvgIpc) is 2.45. The van der Waals surface area contributed by atoms with Crippen LogP contribution in [0.4, 0.5) is 11.5 Å². The van der Waals surface area contributed by atoms with Gasteiger partial charge in [-0.2, -0.15) is 0 Å². The molecule has 1 aromatic carbocycles. The summed E-state index contributed by atoms with van der Waals surface area (Å²) in [6.07, 6.45) is 0. The van der Waals surface area contributed by atoms with E-state index in [1.165, 1.54) is 5.69 Å². The van der Waals surface area contributed by atoms with E-state index in [1.807, 2.05) is 19.1 Å². The van der Waals surface area contributed by atoms with Crippen LogP contribution >= 0.6 is 0 Å². The van der Waals surface area contributed by atoms with Gasteiger partial charge in [-0.15, -0.1) is 0 Å². The summed E-state index contributed by atoms with van der Waals surface area (Å²) in [6.45, 7) is 8.74. The predicted octanol–water partition coefficient (Wildman–Crippen LogP) is 3.24. The fraction of sp³-hybridized carbons (Fsp3) is 0.375. The van der Waals surface area contributed by atoms with Crippen molar-refractivity contribution in [2.24, 2.45) is 0 Å².